The summed E-state index contributed by atoms with van der Waals surface area (Å²) in [6.45, 7) is 12.2. The summed E-state index contributed by atoms with van der Waals surface area (Å²) in [5.41, 5.74) is 1.76. The number of hydrogen-bond donors (Lipinski definition) is 0. The number of rotatable bonds is 10. The average Bonchev–Trinajstić information content (AvgIpc) is 3.74. The molecule has 1 unspecified atom stereocenters. The molecule has 0 amide bonds. The highest BCUT2D eigenvalue weighted by Crippen LogP contribution is 2.42. The van der Waals surface area contributed by atoms with Gasteiger partial charge in [-0.25, -0.2) is 9.07 Å². The van der Waals surface area contributed by atoms with E-state index < -0.39 is 32.3 Å². The summed E-state index contributed by atoms with van der Waals surface area (Å²) in [4.78, 5) is 4.76. The lowest BCUT2D eigenvalue weighted by atomic mass is 9.96. The molecule has 10 nitrogen and oxygen atoms in total. The molecule has 238 valence electrons. The van der Waals surface area contributed by atoms with Crippen molar-refractivity contribution in [3.05, 3.63) is 78.0 Å². The van der Waals surface area contributed by atoms with Crippen LogP contribution in [0, 0.1) is 5.82 Å². The van der Waals surface area contributed by atoms with Gasteiger partial charge in [0.25, 0.3) is 0 Å². The summed E-state index contributed by atoms with van der Waals surface area (Å²) in [5.74, 6) is -0.632. The van der Waals surface area contributed by atoms with Crippen molar-refractivity contribution >= 4 is 19.9 Å². The van der Waals surface area contributed by atoms with Crippen molar-refractivity contribution in [1.82, 2.24) is 44.8 Å². The van der Waals surface area contributed by atoms with E-state index in [2.05, 4.69) is 59.6 Å². The van der Waals surface area contributed by atoms with E-state index in [0.717, 1.165) is 0 Å². The molecule has 0 N–H and O–H groups in total. The fourth-order valence-corrected chi connectivity index (χ4v) is 6.98. The topological polar surface area (TPSA) is 101 Å². The van der Waals surface area contributed by atoms with Crippen molar-refractivity contribution in [1.29, 1.82) is 0 Å². The molecule has 0 bridgehead atoms. The Morgan fingerprint density at radius 2 is 1.73 bits per heavy atom. The van der Waals surface area contributed by atoms with Gasteiger partial charge < -0.3 is 4.43 Å². The molecule has 45 heavy (non-hydrogen) atoms. The molecule has 1 aromatic carbocycles. The quantitative estimate of drug-likeness (QED) is 0.142. The molecular formula is C30H35ClF3N9OSi. The standard InChI is InChI=1S/C30H35ClF3N9OSi/c1-29(2,3)45(6,7)44-30(4,5)14-25(41-17-20(16-38-41)23-12-13-37-43(23)28(33)34)22-10-8-19(15-35-22)26-24(42-18-36-39-40-42)11-9-21(31)27(26)32/h8-13,15-18,25,28H,14H2,1-7H3. The summed E-state index contributed by atoms with van der Waals surface area (Å²) in [6, 6.07) is 7.66. The highest BCUT2D eigenvalue weighted by molar-refractivity contribution is 6.74. The maximum absolute atomic E-state index is 15.4. The van der Waals surface area contributed by atoms with Gasteiger partial charge in [0.05, 0.1) is 39.9 Å². The van der Waals surface area contributed by atoms with Gasteiger partial charge in [-0.05, 0) is 66.7 Å². The molecule has 1 atom stereocenters. The summed E-state index contributed by atoms with van der Waals surface area (Å²) in [7, 11) is -2.18. The third-order valence-corrected chi connectivity index (χ3v) is 13.1. The normalized spacial score (nSPS) is 13.5. The van der Waals surface area contributed by atoms with Gasteiger partial charge >= 0.3 is 6.55 Å². The Balaban J connectivity index is 1.56. The van der Waals surface area contributed by atoms with Crippen molar-refractivity contribution in [3.63, 3.8) is 0 Å². The molecule has 0 aliphatic carbocycles. The fraction of sp³-hybridized carbons (Fsp3) is 0.400. The summed E-state index contributed by atoms with van der Waals surface area (Å²) >= 11 is 6.16. The predicted molar refractivity (Wildman–Crippen MR) is 167 cm³/mol. The van der Waals surface area contributed by atoms with Gasteiger partial charge in [-0.3, -0.25) is 9.67 Å². The van der Waals surface area contributed by atoms with Crippen molar-refractivity contribution in [3.8, 4) is 28.1 Å². The molecule has 4 heterocycles. The smallest absolute Gasteiger partial charge is 0.333 e. The zero-order valence-corrected chi connectivity index (χ0v) is 27.8. The van der Waals surface area contributed by atoms with Crippen LogP contribution in [0.4, 0.5) is 13.2 Å². The second kappa shape index (κ2) is 12.1. The molecular weight excluding hydrogens is 623 g/mol. The van der Waals surface area contributed by atoms with Crippen LogP contribution in [-0.2, 0) is 4.43 Å². The molecule has 0 radical (unpaired) electrons. The van der Waals surface area contributed by atoms with Gasteiger partial charge in [0.1, 0.15) is 6.33 Å². The molecule has 4 aromatic heterocycles. The van der Waals surface area contributed by atoms with Gasteiger partial charge in [0, 0.05) is 41.7 Å². The maximum atomic E-state index is 15.4. The van der Waals surface area contributed by atoms with Gasteiger partial charge in [0.2, 0.25) is 0 Å². The van der Waals surface area contributed by atoms with Crippen LogP contribution in [0.2, 0.25) is 23.2 Å². The van der Waals surface area contributed by atoms with Crippen LogP contribution in [0.3, 0.4) is 0 Å². The van der Waals surface area contributed by atoms with Crippen LogP contribution in [0.1, 0.15) is 59.3 Å². The minimum atomic E-state index is -2.80. The van der Waals surface area contributed by atoms with Crippen LogP contribution >= 0.6 is 11.6 Å². The number of pyridine rings is 1. The predicted octanol–water partition coefficient (Wildman–Crippen LogP) is 7.75. The Kier molecular flexibility index (Phi) is 8.77. The number of aromatic nitrogens is 9. The minimum absolute atomic E-state index is 0.0232. The van der Waals surface area contributed by atoms with Crippen molar-refractivity contribution < 1.29 is 17.6 Å². The minimum Gasteiger partial charge on any atom is -0.412 e. The van der Waals surface area contributed by atoms with Crippen molar-refractivity contribution in [2.24, 2.45) is 0 Å². The highest BCUT2D eigenvalue weighted by atomic mass is 35.5. The van der Waals surface area contributed by atoms with E-state index in [9.17, 15) is 8.78 Å². The molecule has 15 heteroatoms. The molecule has 0 fully saturated rings. The third-order valence-electron chi connectivity index (χ3n) is 8.18. The van der Waals surface area contributed by atoms with E-state index in [-0.39, 0.29) is 21.3 Å². The van der Waals surface area contributed by atoms with E-state index in [1.54, 1.807) is 35.3 Å². The number of nitrogens with zero attached hydrogens (tertiary/aromatic N) is 9. The van der Waals surface area contributed by atoms with E-state index >= 15 is 4.39 Å². The Hall–Kier alpha value is -3.88. The average molecular weight is 658 g/mol. The molecule has 0 saturated carbocycles. The van der Waals surface area contributed by atoms with Crippen LogP contribution in [-0.4, -0.2) is 58.7 Å². The molecule has 0 aliphatic heterocycles. The second-order valence-electron chi connectivity index (χ2n) is 13.0. The Morgan fingerprint density at radius 1 is 0.978 bits per heavy atom. The van der Waals surface area contributed by atoms with E-state index in [4.69, 9.17) is 21.0 Å². The first-order chi connectivity index (χ1) is 21.1. The van der Waals surface area contributed by atoms with Gasteiger partial charge in [-0.1, -0.05) is 38.4 Å². The van der Waals surface area contributed by atoms with Gasteiger partial charge in [-0.15, -0.1) is 5.10 Å². The molecule has 0 spiro atoms. The van der Waals surface area contributed by atoms with Crippen molar-refractivity contribution in [2.75, 3.05) is 0 Å². The van der Waals surface area contributed by atoms with Crippen LogP contribution in [0.25, 0.3) is 28.1 Å². The third kappa shape index (κ3) is 6.72. The lowest BCUT2D eigenvalue weighted by molar-refractivity contribution is 0.0585. The second-order valence-corrected chi connectivity index (χ2v) is 18.1. The van der Waals surface area contributed by atoms with Crippen LogP contribution < -0.4 is 0 Å². The first-order valence-corrected chi connectivity index (χ1v) is 17.6. The van der Waals surface area contributed by atoms with Crippen LogP contribution in [0.5, 0.6) is 0 Å². The summed E-state index contributed by atoms with van der Waals surface area (Å²) in [5, 5.41) is 19.5. The van der Waals surface area contributed by atoms with Gasteiger partial charge in [0.15, 0.2) is 14.1 Å². The zero-order valence-electron chi connectivity index (χ0n) is 26.1. The number of benzene rings is 1. The maximum Gasteiger partial charge on any atom is 0.333 e. The number of tetrazole rings is 1. The Labute approximate surface area is 265 Å². The number of hydrogen-bond acceptors (Lipinski definition) is 7. The van der Waals surface area contributed by atoms with Crippen LogP contribution in [0.15, 0.2) is 61.4 Å². The monoisotopic (exact) mass is 657 g/mol. The first kappa shape index (κ1) is 32.5. The first-order valence-electron chi connectivity index (χ1n) is 14.3. The highest BCUT2D eigenvalue weighted by Gasteiger charge is 2.42. The largest absolute Gasteiger partial charge is 0.412 e. The number of alkyl halides is 2. The van der Waals surface area contributed by atoms with E-state index in [0.29, 0.717) is 33.6 Å². The Bertz CT molecular complexity index is 1760. The zero-order chi connectivity index (χ0) is 32.7. The van der Waals surface area contributed by atoms with Gasteiger partial charge in [-0.2, -0.15) is 23.7 Å². The summed E-state index contributed by atoms with van der Waals surface area (Å²) in [6.07, 6.45) is 7.93. The van der Waals surface area contributed by atoms with E-state index in [1.165, 1.54) is 35.5 Å². The lowest BCUT2D eigenvalue weighted by Gasteiger charge is -2.43. The molecule has 5 rings (SSSR count). The molecule has 0 saturated heterocycles. The van der Waals surface area contributed by atoms with E-state index in [1.807, 2.05) is 13.8 Å². The summed E-state index contributed by atoms with van der Waals surface area (Å²) < 4.78 is 53.2. The Morgan fingerprint density at radius 3 is 2.36 bits per heavy atom. The number of halogens is 4. The molecule has 5 aromatic rings. The lowest BCUT2D eigenvalue weighted by Crippen LogP contribution is -2.48. The fourth-order valence-electron chi connectivity index (χ4n) is 5.05. The SMILES string of the molecule is CC(C)(CC(c1ccc(-c2c(-n3cnnn3)ccc(Cl)c2F)cn1)n1cc(-c2ccnn2C(F)F)cn1)O[Si](C)(C)C(C)(C)C. The van der Waals surface area contributed by atoms with Crippen molar-refractivity contribution in [2.45, 2.75) is 77.4 Å². The molecule has 0 aliphatic rings.